The van der Waals surface area contributed by atoms with Crippen molar-refractivity contribution in [1.29, 1.82) is 0 Å². The molecule has 2 aliphatic heterocycles. The predicted molar refractivity (Wildman–Crippen MR) is 72.7 cm³/mol. The van der Waals surface area contributed by atoms with Crippen LogP contribution in [0.4, 0.5) is 0 Å². The molecular weight excluding hydrogens is 246 g/mol. The number of likely N-dealkylation sites (N-methyl/N-ethyl adjacent to an activating group) is 1. The third-order valence-corrected chi connectivity index (χ3v) is 3.71. The number of aliphatic carboxylic acids is 1. The van der Waals surface area contributed by atoms with Crippen molar-refractivity contribution in [2.75, 3.05) is 20.1 Å². The van der Waals surface area contributed by atoms with E-state index in [2.05, 4.69) is 5.32 Å². The lowest BCUT2D eigenvalue weighted by Gasteiger charge is -2.28. The normalized spacial score (nSPS) is 28.1. The second kappa shape index (κ2) is 8.12. The first-order chi connectivity index (χ1) is 9.02. The van der Waals surface area contributed by atoms with Gasteiger partial charge in [0.25, 0.3) is 0 Å². The molecule has 2 fully saturated rings. The van der Waals surface area contributed by atoms with E-state index in [1.54, 1.807) is 0 Å². The number of piperidine rings is 2. The lowest BCUT2D eigenvalue weighted by atomic mass is 10.0. The Morgan fingerprint density at radius 3 is 2.26 bits per heavy atom. The van der Waals surface area contributed by atoms with Crippen molar-refractivity contribution in [2.45, 2.75) is 50.6 Å². The average Bonchev–Trinajstić information content (AvgIpc) is 2.40. The largest absolute Gasteiger partial charge is 0.480 e. The van der Waals surface area contributed by atoms with E-state index >= 15 is 0 Å². The number of rotatable bonds is 2. The molecule has 0 aromatic carbocycles. The van der Waals surface area contributed by atoms with Gasteiger partial charge in [-0.2, -0.15) is 0 Å². The van der Waals surface area contributed by atoms with Gasteiger partial charge in [-0.25, -0.2) is 0 Å². The Bertz CT molecular complexity index is 304. The molecule has 4 N–H and O–H groups in total. The highest BCUT2D eigenvalue weighted by Gasteiger charge is 2.24. The van der Waals surface area contributed by atoms with Gasteiger partial charge in [0.05, 0.1) is 6.04 Å². The third-order valence-electron chi connectivity index (χ3n) is 3.71. The van der Waals surface area contributed by atoms with Gasteiger partial charge in [-0.05, 0) is 45.8 Å². The molecule has 110 valence electrons. The maximum absolute atomic E-state index is 10.5. The Morgan fingerprint density at radius 2 is 1.89 bits per heavy atom. The number of carbonyl (C=O) groups is 2. The van der Waals surface area contributed by atoms with Crippen LogP contribution in [0.5, 0.6) is 0 Å². The fourth-order valence-electron chi connectivity index (χ4n) is 2.48. The molecule has 2 aliphatic rings. The zero-order valence-electron chi connectivity index (χ0n) is 11.6. The molecule has 6 nitrogen and oxygen atoms in total. The number of nitrogens with two attached hydrogens (primary N) is 1. The molecule has 0 aliphatic carbocycles. The second-order valence-corrected chi connectivity index (χ2v) is 5.24. The molecule has 0 aromatic heterocycles. The fraction of sp³-hybridized carbons (Fsp3) is 0.846. The molecule has 1 amide bonds. The smallest absolute Gasteiger partial charge is 0.320 e. The minimum Gasteiger partial charge on any atom is -0.480 e. The molecule has 0 aromatic rings. The van der Waals surface area contributed by atoms with Crippen molar-refractivity contribution in [1.82, 2.24) is 10.2 Å². The molecule has 0 saturated carbocycles. The third kappa shape index (κ3) is 5.57. The summed E-state index contributed by atoms with van der Waals surface area (Å²) in [6, 6.07) is -0.285. The number of nitrogens with one attached hydrogen (secondary N) is 1. The highest BCUT2D eigenvalue weighted by Crippen LogP contribution is 2.14. The van der Waals surface area contributed by atoms with Crippen molar-refractivity contribution < 1.29 is 14.7 Å². The molecular formula is C13H25N3O3. The van der Waals surface area contributed by atoms with Crippen LogP contribution in [-0.4, -0.2) is 54.1 Å². The van der Waals surface area contributed by atoms with E-state index in [1.807, 2.05) is 11.9 Å². The molecule has 0 spiro atoms. The molecule has 6 heteroatoms. The quantitative estimate of drug-likeness (QED) is 0.665. The number of carbonyl (C=O) groups excluding carboxylic acids is 1. The summed E-state index contributed by atoms with van der Waals surface area (Å²) < 4.78 is 0. The van der Waals surface area contributed by atoms with Gasteiger partial charge in [0.15, 0.2) is 0 Å². The Hall–Kier alpha value is -1.14. The monoisotopic (exact) mass is 271 g/mol. The lowest BCUT2D eigenvalue weighted by Crippen LogP contribution is -2.44. The Kier molecular flexibility index (Phi) is 6.80. The van der Waals surface area contributed by atoms with E-state index in [0.717, 1.165) is 45.2 Å². The molecule has 2 heterocycles. The van der Waals surface area contributed by atoms with Gasteiger partial charge in [0, 0.05) is 0 Å². The van der Waals surface area contributed by atoms with Gasteiger partial charge in [0.1, 0.15) is 6.04 Å². The predicted octanol–water partition coefficient (Wildman–Crippen LogP) is 0.169. The first kappa shape index (κ1) is 15.9. The van der Waals surface area contributed by atoms with Crippen LogP contribution < -0.4 is 11.1 Å². The van der Waals surface area contributed by atoms with Gasteiger partial charge < -0.3 is 16.2 Å². The van der Waals surface area contributed by atoms with Crippen LogP contribution in [-0.2, 0) is 9.59 Å². The molecule has 0 unspecified atom stereocenters. The van der Waals surface area contributed by atoms with Crippen LogP contribution in [0.25, 0.3) is 0 Å². The lowest BCUT2D eigenvalue weighted by molar-refractivity contribution is -0.143. The van der Waals surface area contributed by atoms with Crippen molar-refractivity contribution >= 4 is 11.9 Å². The van der Waals surface area contributed by atoms with Crippen LogP contribution in [0.15, 0.2) is 0 Å². The van der Waals surface area contributed by atoms with Crippen LogP contribution in [0.3, 0.4) is 0 Å². The van der Waals surface area contributed by atoms with Crippen LogP contribution in [0, 0.1) is 0 Å². The standard InChI is InChI=1S/C7H13NO2.C6H12N2O/c1-8-5-3-2-4-6(8)7(9)10;7-6(9)5-3-1-2-4-8-5/h6H,2-5H2,1H3,(H,9,10);5,8H,1-4H2,(H2,7,9)/t6-;5-/m00/s1. The summed E-state index contributed by atoms with van der Waals surface area (Å²) in [6.45, 7) is 1.87. The summed E-state index contributed by atoms with van der Waals surface area (Å²) in [6.07, 6.45) is 6.22. The van der Waals surface area contributed by atoms with Gasteiger partial charge in [-0.3, -0.25) is 14.5 Å². The maximum atomic E-state index is 10.5. The number of primary amides is 1. The van der Waals surface area contributed by atoms with Crippen LogP contribution >= 0.6 is 0 Å². The summed E-state index contributed by atoms with van der Waals surface area (Å²) in [5.41, 5.74) is 5.07. The fourth-order valence-corrected chi connectivity index (χ4v) is 2.48. The highest BCUT2D eigenvalue weighted by molar-refractivity contribution is 5.79. The molecule has 0 radical (unpaired) electrons. The average molecular weight is 271 g/mol. The van der Waals surface area contributed by atoms with Crippen LogP contribution in [0.1, 0.15) is 38.5 Å². The van der Waals surface area contributed by atoms with Crippen molar-refractivity contribution in [3.63, 3.8) is 0 Å². The number of amides is 1. The summed E-state index contributed by atoms with van der Waals surface area (Å²) in [4.78, 5) is 22.9. The van der Waals surface area contributed by atoms with Gasteiger partial charge in [0.2, 0.25) is 5.91 Å². The number of likely N-dealkylation sites (tertiary alicyclic amines) is 1. The van der Waals surface area contributed by atoms with E-state index in [0.29, 0.717) is 0 Å². The van der Waals surface area contributed by atoms with Crippen LogP contribution in [0.2, 0.25) is 0 Å². The molecule has 0 bridgehead atoms. The van der Waals surface area contributed by atoms with Crippen molar-refractivity contribution in [2.24, 2.45) is 5.73 Å². The maximum Gasteiger partial charge on any atom is 0.320 e. The molecule has 2 rings (SSSR count). The number of nitrogens with zero attached hydrogens (tertiary/aromatic N) is 1. The topological polar surface area (TPSA) is 95.7 Å². The zero-order valence-corrected chi connectivity index (χ0v) is 11.6. The Balaban J connectivity index is 0.000000191. The Labute approximate surface area is 114 Å². The number of hydrogen-bond donors (Lipinski definition) is 3. The van der Waals surface area contributed by atoms with E-state index in [9.17, 15) is 9.59 Å². The number of carboxylic acid groups (broad SMARTS) is 1. The SMILES string of the molecule is CN1CCCC[C@H]1C(=O)O.NC(=O)[C@@H]1CCCCN1. The highest BCUT2D eigenvalue weighted by atomic mass is 16.4. The van der Waals surface area contributed by atoms with E-state index < -0.39 is 5.97 Å². The second-order valence-electron chi connectivity index (χ2n) is 5.24. The van der Waals surface area contributed by atoms with Crippen molar-refractivity contribution in [3.05, 3.63) is 0 Å². The first-order valence-electron chi connectivity index (χ1n) is 6.98. The summed E-state index contributed by atoms with van der Waals surface area (Å²) >= 11 is 0. The number of hydrogen-bond acceptors (Lipinski definition) is 4. The van der Waals surface area contributed by atoms with Crippen molar-refractivity contribution in [3.8, 4) is 0 Å². The molecule has 19 heavy (non-hydrogen) atoms. The van der Waals surface area contributed by atoms with E-state index in [1.165, 1.54) is 6.42 Å². The summed E-state index contributed by atoms with van der Waals surface area (Å²) in [5.74, 6) is -0.892. The van der Waals surface area contributed by atoms with E-state index in [-0.39, 0.29) is 18.0 Å². The summed E-state index contributed by atoms with van der Waals surface area (Å²) in [5, 5.41) is 11.7. The molecule has 2 saturated heterocycles. The Morgan fingerprint density at radius 1 is 1.21 bits per heavy atom. The van der Waals surface area contributed by atoms with Gasteiger partial charge in [-0.15, -0.1) is 0 Å². The minimum absolute atomic E-state index is 0.0567. The first-order valence-corrected chi connectivity index (χ1v) is 6.98. The zero-order chi connectivity index (χ0) is 14.3. The molecule has 2 atom stereocenters. The summed E-state index contributed by atoms with van der Waals surface area (Å²) in [7, 11) is 1.87. The van der Waals surface area contributed by atoms with Gasteiger partial charge in [-0.1, -0.05) is 12.8 Å². The minimum atomic E-state index is -0.679. The van der Waals surface area contributed by atoms with E-state index in [4.69, 9.17) is 10.8 Å². The van der Waals surface area contributed by atoms with Gasteiger partial charge >= 0.3 is 5.97 Å². The number of carboxylic acids is 1.